The van der Waals surface area contributed by atoms with Crippen LogP contribution >= 0.6 is 11.6 Å². The number of aryl methyl sites for hydroxylation is 3. The summed E-state index contributed by atoms with van der Waals surface area (Å²) >= 11 is 5.90. The van der Waals surface area contributed by atoms with Crippen molar-refractivity contribution >= 4 is 11.6 Å². The van der Waals surface area contributed by atoms with Gasteiger partial charge in [-0.25, -0.2) is 4.79 Å². The summed E-state index contributed by atoms with van der Waals surface area (Å²) in [6, 6.07) is 6.11. The van der Waals surface area contributed by atoms with Crippen LogP contribution in [0.3, 0.4) is 0 Å². The summed E-state index contributed by atoms with van der Waals surface area (Å²) in [4.78, 5) is 15.6. The number of rotatable bonds is 0. The van der Waals surface area contributed by atoms with Crippen molar-refractivity contribution in [2.75, 3.05) is 0 Å². The second-order valence-corrected chi connectivity index (χ2v) is 5.13. The molecule has 0 bridgehead atoms. The molecule has 2 heterocycles. The number of aromatic nitrogens is 2. The number of hydrogen-bond donors (Lipinski definition) is 0. The first-order valence-electron chi connectivity index (χ1n) is 5.94. The van der Waals surface area contributed by atoms with Gasteiger partial charge in [-0.05, 0) is 43.0 Å². The van der Waals surface area contributed by atoms with Gasteiger partial charge in [0, 0.05) is 18.2 Å². The smallest absolute Gasteiger partial charge is 0.291 e. The predicted octanol–water partition coefficient (Wildman–Crippen LogP) is 2.74. The molecular formula is C14H13ClN2O. The monoisotopic (exact) mass is 260 g/mol. The second kappa shape index (κ2) is 3.95. The number of nitrogens with zero attached hydrogens (tertiary/aromatic N) is 2. The van der Waals surface area contributed by atoms with Crippen LogP contribution in [0.5, 0.6) is 0 Å². The Balaban J connectivity index is 2.34. The standard InChI is InChI=1S/C14H13ClN2O/c1-8-5-10-3-4-17-12(11(10)6-9(8)2)7-13(15)16-14(17)18/h5-7H,3-4H2,1-2H3. The third kappa shape index (κ3) is 1.66. The molecule has 0 radical (unpaired) electrons. The molecule has 0 saturated carbocycles. The van der Waals surface area contributed by atoms with E-state index in [0.29, 0.717) is 6.54 Å². The van der Waals surface area contributed by atoms with E-state index in [0.717, 1.165) is 17.7 Å². The molecule has 0 amide bonds. The highest BCUT2D eigenvalue weighted by Gasteiger charge is 2.18. The molecule has 1 aromatic heterocycles. The Bertz CT molecular complexity index is 704. The van der Waals surface area contributed by atoms with E-state index >= 15 is 0 Å². The Morgan fingerprint density at radius 2 is 1.94 bits per heavy atom. The summed E-state index contributed by atoms with van der Waals surface area (Å²) in [7, 11) is 0. The molecule has 0 aliphatic carbocycles. The minimum atomic E-state index is -0.263. The van der Waals surface area contributed by atoms with E-state index in [1.807, 2.05) is 0 Å². The van der Waals surface area contributed by atoms with Crippen LogP contribution in [-0.2, 0) is 13.0 Å². The molecule has 2 aromatic rings. The van der Waals surface area contributed by atoms with Crippen LogP contribution < -0.4 is 5.69 Å². The van der Waals surface area contributed by atoms with Gasteiger partial charge in [-0.1, -0.05) is 17.7 Å². The number of halogens is 1. The van der Waals surface area contributed by atoms with Crippen molar-refractivity contribution in [2.45, 2.75) is 26.8 Å². The van der Waals surface area contributed by atoms with Crippen molar-refractivity contribution in [3.05, 3.63) is 50.5 Å². The lowest BCUT2D eigenvalue weighted by Crippen LogP contribution is -2.28. The molecule has 0 fully saturated rings. The van der Waals surface area contributed by atoms with Gasteiger partial charge in [0.1, 0.15) is 5.15 Å². The molecule has 0 saturated heterocycles. The van der Waals surface area contributed by atoms with E-state index in [4.69, 9.17) is 11.6 Å². The number of hydrogen-bond acceptors (Lipinski definition) is 2. The van der Waals surface area contributed by atoms with Crippen LogP contribution in [0, 0.1) is 13.8 Å². The third-order valence-corrected chi connectivity index (χ3v) is 3.77. The van der Waals surface area contributed by atoms with Gasteiger partial charge in [-0.3, -0.25) is 4.57 Å². The van der Waals surface area contributed by atoms with Gasteiger partial charge in [0.15, 0.2) is 0 Å². The van der Waals surface area contributed by atoms with Gasteiger partial charge in [0.25, 0.3) is 0 Å². The van der Waals surface area contributed by atoms with Crippen LogP contribution in [0.2, 0.25) is 5.15 Å². The van der Waals surface area contributed by atoms with Gasteiger partial charge in [-0.2, -0.15) is 4.98 Å². The maximum absolute atomic E-state index is 11.8. The van der Waals surface area contributed by atoms with Crippen LogP contribution in [0.25, 0.3) is 11.3 Å². The molecule has 3 rings (SSSR count). The molecule has 0 N–H and O–H groups in total. The van der Waals surface area contributed by atoms with Crippen molar-refractivity contribution in [2.24, 2.45) is 0 Å². The zero-order valence-corrected chi connectivity index (χ0v) is 11.1. The van der Waals surface area contributed by atoms with E-state index in [9.17, 15) is 4.79 Å². The quantitative estimate of drug-likeness (QED) is 0.683. The SMILES string of the molecule is Cc1cc2c(cc1C)-c1cc(Cl)nc(=O)n1CC2. The normalized spacial score (nSPS) is 13.1. The fraction of sp³-hybridized carbons (Fsp3) is 0.286. The second-order valence-electron chi connectivity index (χ2n) is 4.74. The highest BCUT2D eigenvalue weighted by Crippen LogP contribution is 2.31. The third-order valence-electron chi connectivity index (χ3n) is 3.58. The molecule has 0 unspecified atom stereocenters. The zero-order chi connectivity index (χ0) is 12.9. The molecule has 4 heteroatoms. The summed E-state index contributed by atoms with van der Waals surface area (Å²) in [6.07, 6.45) is 0.868. The van der Waals surface area contributed by atoms with Gasteiger partial charge in [0.05, 0.1) is 5.69 Å². The Hall–Kier alpha value is -1.61. The van der Waals surface area contributed by atoms with Gasteiger partial charge < -0.3 is 0 Å². The van der Waals surface area contributed by atoms with E-state index in [1.54, 1.807) is 10.6 Å². The summed E-state index contributed by atoms with van der Waals surface area (Å²) in [5.74, 6) is 0. The first-order valence-corrected chi connectivity index (χ1v) is 6.32. The van der Waals surface area contributed by atoms with Crippen LogP contribution in [-0.4, -0.2) is 9.55 Å². The Morgan fingerprint density at radius 3 is 2.72 bits per heavy atom. The number of fused-ring (bicyclic) bond motifs is 3. The average Bonchev–Trinajstić information content (AvgIpc) is 2.30. The molecule has 18 heavy (non-hydrogen) atoms. The van der Waals surface area contributed by atoms with Crippen LogP contribution in [0.4, 0.5) is 0 Å². The lowest BCUT2D eigenvalue weighted by Gasteiger charge is -2.22. The Kier molecular flexibility index (Phi) is 2.52. The molecule has 3 nitrogen and oxygen atoms in total. The van der Waals surface area contributed by atoms with Gasteiger partial charge in [0.2, 0.25) is 0 Å². The Morgan fingerprint density at radius 1 is 1.22 bits per heavy atom. The largest absolute Gasteiger partial charge is 0.349 e. The van der Waals surface area contributed by atoms with Crippen LogP contribution in [0.15, 0.2) is 23.0 Å². The predicted molar refractivity (Wildman–Crippen MR) is 72.1 cm³/mol. The minimum Gasteiger partial charge on any atom is -0.291 e. The highest BCUT2D eigenvalue weighted by atomic mass is 35.5. The fourth-order valence-corrected chi connectivity index (χ4v) is 2.65. The molecule has 0 atom stereocenters. The van der Waals surface area contributed by atoms with Crippen LogP contribution in [0.1, 0.15) is 16.7 Å². The lowest BCUT2D eigenvalue weighted by atomic mass is 9.93. The lowest BCUT2D eigenvalue weighted by molar-refractivity contribution is 0.639. The van der Waals surface area contributed by atoms with Crippen molar-refractivity contribution < 1.29 is 0 Å². The maximum atomic E-state index is 11.8. The van der Waals surface area contributed by atoms with Gasteiger partial charge in [-0.15, -0.1) is 0 Å². The maximum Gasteiger partial charge on any atom is 0.349 e. The summed E-state index contributed by atoms with van der Waals surface area (Å²) in [5, 5.41) is 0.261. The van der Waals surface area contributed by atoms with E-state index in [2.05, 4.69) is 31.0 Å². The highest BCUT2D eigenvalue weighted by molar-refractivity contribution is 6.29. The molecule has 1 aliphatic rings. The van der Waals surface area contributed by atoms with E-state index in [1.165, 1.54) is 16.7 Å². The molecule has 1 aliphatic heterocycles. The van der Waals surface area contributed by atoms with E-state index < -0.39 is 0 Å². The summed E-state index contributed by atoms with van der Waals surface area (Å²) < 4.78 is 1.70. The van der Waals surface area contributed by atoms with Crippen molar-refractivity contribution in [3.8, 4) is 11.3 Å². The first-order chi connectivity index (χ1) is 8.56. The first kappa shape index (κ1) is 11.5. The van der Waals surface area contributed by atoms with Crippen molar-refractivity contribution in [1.82, 2.24) is 9.55 Å². The molecule has 1 aromatic carbocycles. The molecule has 0 spiro atoms. The fourth-order valence-electron chi connectivity index (χ4n) is 2.47. The van der Waals surface area contributed by atoms with E-state index in [-0.39, 0.29) is 10.8 Å². The zero-order valence-electron chi connectivity index (χ0n) is 10.3. The summed E-state index contributed by atoms with van der Waals surface area (Å²) in [5.41, 5.74) is 5.50. The Labute approximate surface area is 110 Å². The minimum absolute atomic E-state index is 0.261. The number of benzene rings is 1. The van der Waals surface area contributed by atoms with Crippen molar-refractivity contribution in [3.63, 3.8) is 0 Å². The van der Waals surface area contributed by atoms with Gasteiger partial charge >= 0.3 is 5.69 Å². The summed E-state index contributed by atoms with van der Waals surface area (Å²) in [6.45, 7) is 4.86. The molecular weight excluding hydrogens is 248 g/mol. The average molecular weight is 261 g/mol. The van der Waals surface area contributed by atoms with Crippen molar-refractivity contribution in [1.29, 1.82) is 0 Å². The topological polar surface area (TPSA) is 34.9 Å². The molecule has 92 valence electrons.